The summed E-state index contributed by atoms with van der Waals surface area (Å²) >= 11 is 0. The van der Waals surface area contributed by atoms with E-state index < -0.39 is 0 Å². The van der Waals surface area contributed by atoms with Crippen LogP contribution < -0.4 is 0 Å². The molecule has 134 valence electrons. The summed E-state index contributed by atoms with van der Waals surface area (Å²) in [5.74, 6) is 2.12. The molecule has 2 aliphatic carbocycles. The normalized spacial score (nSPS) is 29.1. The quantitative estimate of drug-likeness (QED) is 0.840. The van der Waals surface area contributed by atoms with Crippen LogP contribution in [0.2, 0.25) is 0 Å². The fraction of sp³-hybridized carbons (Fsp3) is 0.895. The van der Waals surface area contributed by atoms with Crippen molar-refractivity contribution in [1.82, 2.24) is 15.1 Å². The standard InChI is InChI=1S/C19H31N3O2/c1-15-20-21-18(24-15)17-14-22(11-12-23-17)13-16-5-9-19(10-6-16)7-3-2-4-8-19/h16-17H,2-14H2,1H3. The van der Waals surface area contributed by atoms with Crippen molar-refractivity contribution < 1.29 is 9.15 Å². The van der Waals surface area contributed by atoms with Gasteiger partial charge >= 0.3 is 0 Å². The van der Waals surface area contributed by atoms with Gasteiger partial charge in [-0.15, -0.1) is 10.2 Å². The fourth-order valence-electron chi connectivity index (χ4n) is 5.10. The largest absolute Gasteiger partial charge is 0.423 e. The van der Waals surface area contributed by atoms with Gasteiger partial charge in [-0.1, -0.05) is 19.3 Å². The Bertz CT molecular complexity index is 528. The molecule has 0 amide bonds. The molecule has 0 radical (unpaired) electrons. The van der Waals surface area contributed by atoms with Gasteiger partial charge in [-0.2, -0.15) is 0 Å². The molecular weight excluding hydrogens is 302 g/mol. The second-order valence-corrected chi connectivity index (χ2v) is 8.28. The predicted molar refractivity (Wildman–Crippen MR) is 91.6 cm³/mol. The summed E-state index contributed by atoms with van der Waals surface area (Å²) in [6, 6.07) is 0. The first kappa shape index (κ1) is 16.5. The van der Waals surface area contributed by atoms with Gasteiger partial charge in [-0.05, 0) is 49.9 Å². The second kappa shape index (κ2) is 7.12. The van der Waals surface area contributed by atoms with Crippen molar-refractivity contribution in [3.8, 4) is 0 Å². The highest BCUT2D eigenvalue weighted by molar-refractivity contribution is 4.91. The van der Waals surface area contributed by atoms with Gasteiger partial charge in [0.1, 0.15) is 6.10 Å². The summed E-state index contributed by atoms with van der Waals surface area (Å²) in [4.78, 5) is 2.55. The van der Waals surface area contributed by atoms with Gasteiger partial charge in [0, 0.05) is 26.6 Å². The van der Waals surface area contributed by atoms with Crippen molar-refractivity contribution >= 4 is 0 Å². The molecule has 1 saturated heterocycles. The van der Waals surface area contributed by atoms with E-state index in [0.29, 0.717) is 11.8 Å². The lowest BCUT2D eigenvalue weighted by atomic mass is 9.63. The van der Waals surface area contributed by atoms with E-state index in [1.54, 1.807) is 0 Å². The van der Waals surface area contributed by atoms with Crippen molar-refractivity contribution in [3.63, 3.8) is 0 Å². The van der Waals surface area contributed by atoms with E-state index in [0.717, 1.165) is 31.0 Å². The first-order valence-electron chi connectivity index (χ1n) is 9.86. The van der Waals surface area contributed by atoms with E-state index in [-0.39, 0.29) is 6.10 Å². The van der Waals surface area contributed by atoms with Crippen molar-refractivity contribution in [2.24, 2.45) is 11.3 Å². The predicted octanol–water partition coefficient (Wildman–Crippen LogP) is 3.89. The molecule has 1 aliphatic heterocycles. The van der Waals surface area contributed by atoms with Crippen LogP contribution in [0, 0.1) is 18.3 Å². The Morgan fingerprint density at radius 1 is 1.08 bits per heavy atom. The SMILES string of the molecule is Cc1nnc(C2CN(CC3CCC4(CCCCC4)CC3)CCO2)o1. The summed E-state index contributed by atoms with van der Waals surface area (Å²) < 4.78 is 11.4. The smallest absolute Gasteiger partial charge is 0.246 e. The van der Waals surface area contributed by atoms with Gasteiger partial charge < -0.3 is 9.15 Å². The molecule has 5 nitrogen and oxygen atoms in total. The molecule has 1 aromatic heterocycles. The number of aryl methyl sites for hydroxylation is 1. The Morgan fingerprint density at radius 2 is 1.88 bits per heavy atom. The van der Waals surface area contributed by atoms with Crippen LogP contribution in [0.1, 0.15) is 75.7 Å². The van der Waals surface area contributed by atoms with Crippen LogP contribution in [0.4, 0.5) is 0 Å². The monoisotopic (exact) mass is 333 g/mol. The third kappa shape index (κ3) is 3.67. The maximum atomic E-state index is 5.85. The van der Waals surface area contributed by atoms with Crippen LogP contribution in [-0.2, 0) is 4.74 Å². The molecule has 1 atom stereocenters. The highest BCUT2D eigenvalue weighted by atomic mass is 16.5. The first-order valence-corrected chi connectivity index (χ1v) is 9.86. The summed E-state index contributed by atoms with van der Waals surface area (Å²) in [5.41, 5.74) is 0.726. The highest BCUT2D eigenvalue weighted by Gasteiger charge is 2.37. The molecule has 2 saturated carbocycles. The molecule has 1 unspecified atom stereocenters. The fourth-order valence-corrected chi connectivity index (χ4v) is 5.10. The van der Waals surface area contributed by atoms with Gasteiger partial charge in [-0.3, -0.25) is 4.90 Å². The molecule has 2 heterocycles. The number of hydrogen-bond acceptors (Lipinski definition) is 5. The maximum Gasteiger partial charge on any atom is 0.246 e. The van der Waals surface area contributed by atoms with Crippen LogP contribution in [0.5, 0.6) is 0 Å². The van der Waals surface area contributed by atoms with E-state index in [1.807, 2.05) is 6.92 Å². The third-order valence-electron chi connectivity index (χ3n) is 6.56. The van der Waals surface area contributed by atoms with Crippen LogP contribution in [0.3, 0.4) is 0 Å². The Labute approximate surface area is 145 Å². The van der Waals surface area contributed by atoms with Crippen molar-refractivity contribution in [1.29, 1.82) is 0 Å². The average molecular weight is 333 g/mol. The second-order valence-electron chi connectivity index (χ2n) is 8.28. The minimum absolute atomic E-state index is 0.0479. The lowest BCUT2D eigenvalue weighted by molar-refractivity contribution is -0.0506. The Kier molecular flexibility index (Phi) is 4.90. The van der Waals surface area contributed by atoms with E-state index in [9.17, 15) is 0 Å². The van der Waals surface area contributed by atoms with Crippen molar-refractivity contribution in [2.45, 2.75) is 70.8 Å². The summed E-state index contributed by atoms with van der Waals surface area (Å²) in [6.45, 7) is 5.74. The van der Waals surface area contributed by atoms with E-state index in [1.165, 1.54) is 64.3 Å². The molecule has 3 aliphatic rings. The minimum Gasteiger partial charge on any atom is -0.423 e. The number of aromatic nitrogens is 2. The third-order valence-corrected chi connectivity index (χ3v) is 6.56. The number of hydrogen-bond donors (Lipinski definition) is 0. The Hall–Kier alpha value is -0.940. The van der Waals surface area contributed by atoms with Gasteiger partial charge in [0.2, 0.25) is 11.8 Å². The van der Waals surface area contributed by atoms with Crippen LogP contribution in [0.25, 0.3) is 0 Å². The average Bonchev–Trinajstić information content (AvgIpc) is 3.05. The van der Waals surface area contributed by atoms with Gasteiger partial charge in [-0.25, -0.2) is 0 Å². The first-order chi connectivity index (χ1) is 11.7. The molecule has 0 aromatic carbocycles. The molecule has 0 N–H and O–H groups in total. The molecule has 3 fully saturated rings. The minimum atomic E-state index is -0.0479. The van der Waals surface area contributed by atoms with Crippen LogP contribution in [0.15, 0.2) is 4.42 Å². The van der Waals surface area contributed by atoms with Crippen LogP contribution in [-0.4, -0.2) is 41.3 Å². The summed E-state index contributed by atoms with van der Waals surface area (Å²) in [5, 5.41) is 8.08. The van der Waals surface area contributed by atoms with Crippen molar-refractivity contribution in [2.75, 3.05) is 26.2 Å². The summed E-state index contributed by atoms with van der Waals surface area (Å²) in [6.07, 6.45) is 13.1. The van der Waals surface area contributed by atoms with E-state index in [2.05, 4.69) is 15.1 Å². The highest BCUT2D eigenvalue weighted by Crippen LogP contribution is 2.48. The number of nitrogens with zero attached hydrogens (tertiary/aromatic N) is 3. The number of ether oxygens (including phenoxy) is 1. The molecule has 5 heteroatoms. The van der Waals surface area contributed by atoms with Crippen LogP contribution >= 0.6 is 0 Å². The lowest BCUT2D eigenvalue weighted by Crippen LogP contribution is -2.42. The Morgan fingerprint density at radius 3 is 2.58 bits per heavy atom. The number of morpholine rings is 1. The molecule has 1 aromatic rings. The van der Waals surface area contributed by atoms with E-state index >= 15 is 0 Å². The molecular formula is C19H31N3O2. The van der Waals surface area contributed by atoms with Gasteiger partial charge in [0.15, 0.2) is 0 Å². The van der Waals surface area contributed by atoms with E-state index in [4.69, 9.17) is 9.15 Å². The summed E-state index contributed by atoms with van der Waals surface area (Å²) in [7, 11) is 0. The maximum absolute atomic E-state index is 5.85. The van der Waals surface area contributed by atoms with Gasteiger partial charge in [0.25, 0.3) is 0 Å². The molecule has 0 bridgehead atoms. The zero-order valence-corrected chi connectivity index (χ0v) is 15.0. The topological polar surface area (TPSA) is 51.4 Å². The lowest BCUT2D eigenvalue weighted by Gasteiger charge is -2.44. The zero-order valence-electron chi connectivity index (χ0n) is 15.0. The molecule has 1 spiro atoms. The number of rotatable bonds is 3. The molecule has 4 rings (SSSR count). The Balaban J connectivity index is 1.28. The molecule has 24 heavy (non-hydrogen) atoms. The zero-order chi connectivity index (χ0) is 16.4. The van der Waals surface area contributed by atoms with Crippen molar-refractivity contribution in [3.05, 3.63) is 11.8 Å². The van der Waals surface area contributed by atoms with Gasteiger partial charge in [0.05, 0.1) is 6.61 Å².